The lowest BCUT2D eigenvalue weighted by Crippen LogP contribution is -2.12. The maximum atomic E-state index is 11.1. The Morgan fingerprint density at radius 2 is 2.50 bits per heavy atom. The number of fused-ring (bicyclic) bond motifs is 1. The highest BCUT2D eigenvalue weighted by atomic mass is 16.1. The fourth-order valence-electron chi connectivity index (χ4n) is 1.22. The van der Waals surface area contributed by atoms with Gasteiger partial charge in [0, 0.05) is 6.20 Å². The van der Waals surface area contributed by atoms with Crippen molar-refractivity contribution in [3.8, 4) is 0 Å². The van der Waals surface area contributed by atoms with Gasteiger partial charge in [-0.2, -0.15) is 0 Å². The van der Waals surface area contributed by atoms with Gasteiger partial charge in [-0.3, -0.25) is 9.78 Å². The molecule has 0 saturated heterocycles. The summed E-state index contributed by atoms with van der Waals surface area (Å²) in [6, 6.07) is 1.80. The number of rotatable bonds is 1. The Labute approximate surface area is 70.1 Å². The fourth-order valence-corrected chi connectivity index (χ4v) is 1.22. The van der Waals surface area contributed by atoms with Crippen molar-refractivity contribution in [2.75, 3.05) is 0 Å². The van der Waals surface area contributed by atoms with Crippen LogP contribution in [-0.2, 0) is 6.54 Å². The minimum Gasteiger partial charge on any atom is -0.346 e. The molecule has 0 unspecified atom stereocenters. The number of carbonyl (C=O) groups excluding carboxylic acids is 1. The highest BCUT2D eigenvalue weighted by molar-refractivity contribution is 5.98. The highest BCUT2D eigenvalue weighted by Gasteiger charge is 2.19. The number of hydrogen-bond donors (Lipinski definition) is 1. The monoisotopic (exact) mass is 160 g/mol. The van der Waals surface area contributed by atoms with Gasteiger partial charge in [-0.05, 0) is 11.6 Å². The topological polar surface area (TPSA) is 42.0 Å². The van der Waals surface area contributed by atoms with Gasteiger partial charge in [-0.1, -0.05) is 12.7 Å². The molecule has 0 saturated carbocycles. The Morgan fingerprint density at radius 3 is 3.25 bits per heavy atom. The molecule has 60 valence electrons. The Hall–Kier alpha value is -1.64. The van der Waals surface area contributed by atoms with Crippen molar-refractivity contribution in [2.24, 2.45) is 0 Å². The third kappa shape index (κ3) is 0.906. The lowest BCUT2D eigenvalue weighted by atomic mass is 10.1. The van der Waals surface area contributed by atoms with Crippen molar-refractivity contribution < 1.29 is 4.79 Å². The van der Waals surface area contributed by atoms with E-state index in [9.17, 15) is 4.79 Å². The molecule has 1 aliphatic heterocycles. The zero-order valence-electron chi connectivity index (χ0n) is 6.50. The van der Waals surface area contributed by atoms with Gasteiger partial charge in [0.1, 0.15) is 0 Å². The fraction of sp³-hybridized carbons (Fsp3) is 0.111. The molecule has 1 amide bonds. The van der Waals surface area contributed by atoms with Gasteiger partial charge in [0.05, 0.1) is 17.8 Å². The van der Waals surface area contributed by atoms with Crippen LogP contribution in [0.4, 0.5) is 0 Å². The van der Waals surface area contributed by atoms with Gasteiger partial charge in [0.15, 0.2) is 0 Å². The summed E-state index contributed by atoms with van der Waals surface area (Å²) in [7, 11) is 0. The SMILES string of the molecule is C=Cc1cnc2c(c1)C(=O)NC2. The van der Waals surface area contributed by atoms with E-state index in [1.807, 2.05) is 0 Å². The highest BCUT2D eigenvalue weighted by Crippen LogP contribution is 2.14. The van der Waals surface area contributed by atoms with Crippen LogP contribution >= 0.6 is 0 Å². The molecule has 0 aliphatic carbocycles. The normalized spacial score (nSPS) is 13.8. The standard InChI is InChI=1S/C9H8N2O/c1-2-6-3-7-8(10-4-6)5-11-9(7)12/h2-4H,1,5H2,(H,11,12). The van der Waals surface area contributed by atoms with Crippen LogP contribution in [0.1, 0.15) is 21.6 Å². The van der Waals surface area contributed by atoms with Crippen LogP contribution in [0.3, 0.4) is 0 Å². The number of nitrogens with zero attached hydrogens (tertiary/aromatic N) is 1. The van der Waals surface area contributed by atoms with Crippen molar-refractivity contribution in [3.63, 3.8) is 0 Å². The zero-order valence-corrected chi connectivity index (χ0v) is 6.50. The first-order valence-corrected chi connectivity index (χ1v) is 3.71. The van der Waals surface area contributed by atoms with E-state index in [1.165, 1.54) is 0 Å². The first-order chi connectivity index (χ1) is 5.81. The molecule has 2 heterocycles. The van der Waals surface area contributed by atoms with Crippen LogP contribution in [0.25, 0.3) is 6.08 Å². The second-order valence-corrected chi connectivity index (χ2v) is 2.65. The van der Waals surface area contributed by atoms with Gasteiger partial charge >= 0.3 is 0 Å². The van der Waals surface area contributed by atoms with E-state index in [0.717, 1.165) is 11.3 Å². The number of aromatic nitrogens is 1. The first-order valence-electron chi connectivity index (χ1n) is 3.71. The average Bonchev–Trinajstić information content (AvgIpc) is 2.47. The van der Waals surface area contributed by atoms with E-state index < -0.39 is 0 Å². The van der Waals surface area contributed by atoms with Crippen molar-refractivity contribution in [1.29, 1.82) is 0 Å². The molecule has 3 heteroatoms. The molecule has 0 spiro atoms. The summed E-state index contributed by atoms with van der Waals surface area (Å²) in [5.74, 6) is -0.0406. The van der Waals surface area contributed by atoms with Crippen molar-refractivity contribution in [1.82, 2.24) is 10.3 Å². The van der Waals surface area contributed by atoms with E-state index in [1.54, 1.807) is 18.3 Å². The Bertz CT molecular complexity index is 358. The smallest absolute Gasteiger partial charge is 0.253 e. The third-order valence-electron chi connectivity index (χ3n) is 1.89. The minimum absolute atomic E-state index is 0.0406. The molecule has 1 N–H and O–H groups in total. The molecule has 1 aromatic heterocycles. The summed E-state index contributed by atoms with van der Waals surface area (Å²) in [4.78, 5) is 15.3. The van der Waals surface area contributed by atoms with E-state index in [-0.39, 0.29) is 5.91 Å². The summed E-state index contributed by atoms with van der Waals surface area (Å²) in [6.07, 6.45) is 3.39. The average molecular weight is 160 g/mol. The molecule has 0 aromatic carbocycles. The zero-order chi connectivity index (χ0) is 8.55. The molecule has 0 bridgehead atoms. The molecule has 1 aromatic rings. The molecule has 12 heavy (non-hydrogen) atoms. The van der Waals surface area contributed by atoms with Crippen LogP contribution in [0, 0.1) is 0 Å². The predicted octanol–water partition coefficient (Wildman–Crippen LogP) is 0.968. The summed E-state index contributed by atoms with van der Waals surface area (Å²) in [5, 5.41) is 2.70. The molecule has 1 aliphatic rings. The van der Waals surface area contributed by atoms with Crippen LogP contribution < -0.4 is 5.32 Å². The second-order valence-electron chi connectivity index (χ2n) is 2.65. The summed E-state index contributed by atoms with van der Waals surface area (Å²) >= 11 is 0. The third-order valence-corrected chi connectivity index (χ3v) is 1.89. The number of hydrogen-bond acceptors (Lipinski definition) is 2. The molecular formula is C9H8N2O. The van der Waals surface area contributed by atoms with Crippen molar-refractivity contribution >= 4 is 12.0 Å². The molecular weight excluding hydrogens is 152 g/mol. The lowest BCUT2D eigenvalue weighted by molar-refractivity contribution is 0.0966. The lowest BCUT2D eigenvalue weighted by Gasteiger charge is -1.95. The quantitative estimate of drug-likeness (QED) is 0.665. The largest absolute Gasteiger partial charge is 0.346 e. The molecule has 3 nitrogen and oxygen atoms in total. The number of amides is 1. The van der Waals surface area contributed by atoms with E-state index in [2.05, 4.69) is 16.9 Å². The first kappa shape index (κ1) is 7.03. The Balaban J connectivity index is 2.57. The molecule has 0 fully saturated rings. The maximum Gasteiger partial charge on any atom is 0.253 e. The van der Waals surface area contributed by atoms with Crippen molar-refractivity contribution in [3.05, 3.63) is 35.7 Å². The summed E-state index contributed by atoms with van der Waals surface area (Å²) in [5.41, 5.74) is 2.38. The minimum atomic E-state index is -0.0406. The van der Waals surface area contributed by atoms with Gasteiger partial charge < -0.3 is 5.32 Å². The predicted molar refractivity (Wildman–Crippen MR) is 45.5 cm³/mol. The van der Waals surface area contributed by atoms with Crippen LogP contribution in [0.5, 0.6) is 0 Å². The van der Waals surface area contributed by atoms with E-state index in [0.29, 0.717) is 12.1 Å². The number of carbonyl (C=O) groups is 1. The Kier molecular flexibility index (Phi) is 1.43. The maximum absolute atomic E-state index is 11.1. The number of pyridine rings is 1. The van der Waals surface area contributed by atoms with Gasteiger partial charge in [-0.25, -0.2) is 0 Å². The van der Waals surface area contributed by atoms with Gasteiger partial charge in [0.25, 0.3) is 5.91 Å². The molecule has 0 atom stereocenters. The van der Waals surface area contributed by atoms with Gasteiger partial charge in [-0.15, -0.1) is 0 Å². The molecule has 2 rings (SSSR count). The summed E-state index contributed by atoms with van der Waals surface area (Å²) < 4.78 is 0. The van der Waals surface area contributed by atoms with E-state index >= 15 is 0 Å². The number of nitrogens with one attached hydrogen (secondary N) is 1. The Morgan fingerprint density at radius 1 is 1.67 bits per heavy atom. The van der Waals surface area contributed by atoms with Gasteiger partial charge in [0.2, 0.25) is 0 Å². The molecule has 0 radical (unpaired) electrons. The summed E-state index contributed by atoms with van der Waals surface area (Å²) in [6.45, 7) is 4.16. The van der Waals surface area contributed by atoms with Crippen LogP contribution in [0.2, 0.25) is 0 Å². The van der Waals surface area contributed by atoms with Crippen molar-refractivity contribution in [2.45, 2.75) is 6.54 Å². The van der Waals surface area contributed by atoms with Crippen LogP contribution in [-0.4, -0.2) is 10.9 Å². The second kappa shape index (κ2) is 2.44. The van der Waals surface area contributed by atoms with Crippen LogP contribution in [0.15, 0.2) is 18.8 Å². The van der Waals surface area contributed by atoms with E-state index in [4.69, 9.17) is 0 Å².